The molecule has 0 aromatic rings. The maximum atomic E-state index is 12.2. The van der Waals surface area contributed by atoms with Gasteiger partial charge in [0.2, 0.25) is 0 Å². The first-order chi connectivity index (χ1) is 13.8. The van der Waals surface area contributed by atoms with Crippen molar-refractivity contribution in [2.24, 2.45) is 39.9 Å². The molecule has 5 heteroatoms. The molecule has 0 aromatic heterocycles. The Bertz CT molecular complexity index is 843. The van der Waals surface area contributed by atoms with Gasteiger partial charge in [0, 0.05) is 41.0 Å². The lowest BCUT2D eigenvalue weighted by Crippen LogP contribution is -2.80. The van der Waals surface area contributed by atoms with Gasteiger partial charge < -0.3 is 14.6 Å². The fourth-order valence-corrected chi connectivity index (χ4v) is 10.9. The molecule has 10 fully saturated rings. The summed E-state index contributed by atoms with van der Waals surface area (Å²) in [5.41, 5.74) is 0.923. The number of carbonyl (C=O) groups is 1. The van der Waals surface area contributed by atoms with Gasteiger partial charge in [-0.1, -0.05) is 20.4 Å². The standard InChI is InChI=1S/C24H33NO4/c1-5-25-19-14-10-15-22(4)8-7-16(29-21(22)25)24(15,19)18-17(28-12(3)26)13-6-9-23(14,18)20(27)11(13)2/h13-21,27H,2,5-10H2,1,3-4H3. The molecule has 10 rings (SSSR count). The lowest BCUT2D eigenvalue weighted by molar-refractivity contribution is -0.380. The molecule has 10 aliphatic rings. The zero-order valence-electron chi connectivity index (χ0n) is 17.8. The van der Waals surface area contributed by atoms with Crippen LogP contribution in [-0.4, -0.2) is 53.1 Å². The Morgan fingerprint density at radius 2 is 2.17 bits per heavy atom. The third-order valence-corrected chi connectivity index (χ3v) is 11.2. The van der Waals surface area contributed by atoms with E-state index in [1.807, 2.05) is 0 Å². The minimum Gasteiger partial charge on any atom is -0.462 e. The van der Waals surface area contributed by atoms with Crippen LogP contribution in [0.5, 0.6) is 0 Å². The number of piperidine rings is 1. The highest BCUT2D eigenvalue weighted by molar-refractivity contribution is 5.66. The van der Waals surface area contributed by atoms with E-state index in [9.17, 15) is 9.90 Å². The van der Waals surface area contributed by atoms with Crippen molar-refractivity contribution < 1.29 is 19.4 Å². The van der Waals surface area contributed by atoms with Crippen LogP contribution in [0.2, 0.25) is 0 Å². The van der Waals surface area contributed by atoms with E-state index in [0.29, 0.717) is 17.9 Å². The molecule has 158 valence electrons. The van der Waals surface area contributed by atoms with E-state index >= 15 is 0 Å². The van der Waals surface area contributed by atoms with Gasteiger partial charge in [0.1, 0.15) is 12.3 Å². The molecule has 4 aliphatic heterocycles. The van der Waals surface area contributed by atoms with Crippen molar-refractivity contribution in [1.29, 1.82) is 0 Å². The van der Waals surface area contributed by atoms with Crippen LogP contribution in [0.25, 0.3) is 0 Å². The van der Waals surface area contributed by atoms with Crippen LogP contribution in [0, 0.1) is 39.9 Å². The molecule has 12 unspecified atom stereocenters. The molecule has 4 heterocycles. The van der Waals surface area contributed by atoms with Crippen LogP contribution in [0.1, 0.15) is 52.9 Å². The van der Waals surface area contributed by atoms with Crippen LogP contribution in [-0.2, 0) is 14.3 Å². The van der Waals surface area contributed by atoms with Gasteiger partial charge in [0.15, 0.2) is 0 Å². The highest BCUT2D eigenvalue weighted by Gasteiger charge is 2.90. The summed E-state index contributed by atoms with van der Waals surface area (Å²) in [7, 11) is 0. The number of aliphatic hydroxyl groups is 1. The van der Waals surface area contributed by atoms with E-state index in [1.54, 1.807) is 6.92 Å². The van der Waals surface area contributed by atoms with E-state index in [-0.39, 0.29) is 52.5 Å². The third-order valence-electron chi connectivity index (χ3n) is 11.2. The number of ether oxygens (including phenoxy) is 2. The van der Waals surface area contributed by atoms with Gasteiger partial charge in [0.05, 0.1) is 12.2 Å². The first-order valence-electron chi connectivity index (χ1n) is 11.8. The monoisotopic (exact) mass is 399 g/mol. The number of nitrogens with zero attached hydrogens (tertiary/aromatic N) is 1. The van der Waals surface area contributed by atoms with Crippen molar-refractivity contribution >= 4 is 5.97 Å². The van der Waals surface area contributed by atoms with Crippen molar-refractivity contribution in [2.45, 2.75) is 83.5 Å². The topological polar surface area (TPSA) is 59.0 Å². The molecule has 9 bridgehead atoms. The quantitative estimate of drug-likeness (QED) is 0.572. The molecular formula is C24H33NO4. The van der Waals surface area contributed by atoms with Gasteiger partial charge >= 0.3 is 5.97 Å². The van der Waals surface area contributed by atoms with Crippen LogP contribution in [0.15, 0.2) is 12.2 Å². The summed E-state index contributed by atoms with van der Waals surface area (Å²) in [5, 5.41) is 11.6. The summed E-state index contributed by atoms with van der Waals surface area (Å²) in [5.74, 6) is 1.18. The zero-order valence-corrected chi connectivity index (χ0v) is 17.8. The van der Waals surface area contributed by atoms with Crippen LogP contribution in [0.4, 0.5) is 0 Å². The smallest absolute Gasteiger partial charge is 0.302 e. The Morgan fingerprint density at radius 3 is 2.90 bits per heavy atom. The second-order valence-corrected chi connectivity index (χ2v) is 11.5. The SMILES string of the molecule is C=C1C2CCC3(C1O)C1CC4C5(C)CCC6OC5N(CC)C1C64C3C2OC(C)=O. The molecule has 29 heavy (non-hydrogen) atoms. The molecule has 1 N–H and O–H groups in total. The van der Waals surface area contributed by atoms with Gasteiger partial charge in [0.25, 0.3) is 0 Å². The predicted molar refractivity (Wildman–Crippen MR) is 106 cm³/mol. The predicted octanol–water partition coefficient (Wildman–Crippen LogP) is 2.73. The lowest BCUT2D eigenvalue weighted by atomic mass is 9.37. The van der Waals surface area contributed by atoms with E-state index in [0.717, 1.165) is 31.4 Å². The Hall–Kier alpha value is -0.910. The maximum Gasteiger partial charge on any atom is 0.302 e. The van der Waals surface area contributed by atoms with Gasteiger partial charge in [-0.2, -0.15) is 0 Å². The number of esters is 1. The average Bonchev–Trinajstić information content (AvgIpc) is 3.15. The second-order valence-electron chi connectivity index (χ2n) is 11.5. The minimum absolute atomic E-state index is 0.0168. The van der Waals surface area contributed by atoms with Crippen molar-refractivity contribution in [3.63, 3.8) is 0 Å². The second kappa shape index (κ2) is 4.94. The van der Waals surface area contributed by atoms with Crippen LogP contribution in [0.3, 0.4) is 0 Å². The Balaban J connectivity index is 1.50. The first kappa shape index (κ1) is 17.7. The largest absolute Gasteiger partial charge is 0.462 e. The summed E-state index contributed by atoms with van der Waals surface area (Å²) in [4.78, 5) is 14.9. The van der Waals surface area contributed by atoms with Crippen molar-refractivity contribution in [3.05, 3.63) is 12.2 Å². The van der Waals surface area contributed by atoms with Gasteiger partial charge in [-0.3, -0.25) is 9.69 Å². The Morgan fingerprint density at radius 1 is 1.38 bits per heavy atom. The number of fused-ring (bicyclic) bond motifs is 3. The number of carbonyl (C=O) groups excluding carboxylic acids is 1. The van der Waals surface area contributed by atoms with Gasteiger partial charge in [-0.25, -0.2) is 0 Å². The number of hydrogen-bond donors (Lipinski definition) is 1. The molecule has 4 saturated heterocycles. The van der Waals surface area contributed by atoms with E-state index in [1.165, 1.54) is 12.8 Å². The Labute approximate surface area is 172 Å². The zero-order chi connectivity index (χ0) is 20.1. The van der Waals surface area contributed by atoms with Crippen molar-refractivity contribution in [2.75, 3.05) is 6.54 Å². The van der Waals surface area contributed by atoms with Crippen LogP contribution >= 0.6 is 0 Å². The van der Waals surface area contributed by atoms with Crippen molar-refractivity contribution in [3.8, 4) is 0 Å². The number of rotatable bonds is 2. The van der Waals surface area contributed by atoms with E-state index in [4.69, 9.17) is 9.47 Å². The molecule has 2 spiro atoms. The first-order valence-corrected chi connectivity index (χ1v) is 11.8. The summed E-state index contributed by atoms with van der Waals surface area (Å²) in [6.45, 7) is 11.6. The van der Waals surface area contributed by atoms with E-state index < -0.39 is 6.10 Å². The molecule has 0 amide bonds. The molecule has 5 nitrogen and oxygen atoms in total. The highest BCUT2D eigenvalue weighted by atomic mass is 16.5. The summed E-state index contributed by atoms with van der Waals surface area (Å²) in [6, 6.07) is 0.456. The number of aliphatic hydroxyl groups excluding tert-OH is 1. The third kappa shape index (κ3) is 1.49. The molecule has 6 saturated carbocycles. The normalized spacial score (nSPS) is 63.3. The van der Waals surface area contributed by atoms with Gasteiger partial charge in [-0.15, -0.1) is 0 Å². The minimum atomic E-state index is -0.465. The fourth-order valence-electron chi connectivity index (χ4n) is 10.9. The van der Waals surface area contributed by atoms with Crippen LogP contribution < -0.4 is 0 Å². The molecule has 0 radical (unpaired) electrons. The summed E-state index contributed by atoms with van der Waals surface area (Å²) in [6.07, 6.45) is 5.45. The summed E-state index contributed by atoms with van der Waals surface area (Å²) >= 11 is 0. The maximum absolute atomic E-state index is 12.2. The fraction of sp³-hybridized carbons (Fsp3) is 0.875. The van der Waals surface area contributed by atoms with Crippen molar-refractivity contribution in [1.82, 2.24) is 4.90 Å². The molecule has 12 atom stereocenters. The van der Waals surface area contributed by atoms with Gasteiger partial charge in [-0.05, 0) is 56.1 Å². The lowest BCUT2D eigenvalue weighted by Gasteiger charge is -2.75. The average molecular weight is 400 g/mol. The number of hydrogen-bond acceptors (Lipinski definition) is 5. The Kier molecular flexibility index (Phi) is 3.02. The molecular weight excluding hydrogens is 366 g/mol. The van der Waals surface area contributed by atoms with E-state index in [2.05, 4.69) is 25.3 Å². The summed E-state index contributed by atoms with van der Waals surface area (Å²) < 4.78 is 13.0. The molecule has 6 aliphatic carbocycles. The highest BCUT2D eigenvalue weighted by Crippen LogP contribution is 2.86. The molecule has 0 aromatic carbocycles.